The molecule has 0 unspecified atom stereocenters. The zero-order chi connectivity index (χ0) is 12.7. The lowest BCUT2D eigenvalue weighted by atomic mass is 10.2. The standard InChI is InChI=1S/C11H17N3O3/c1-9-8-10(2-3-11(9)14(16)17)13-5-4-12-6-7-15/h2-3,8,12-13,15H,4-7H2,1H3. The Hall–Kier alpha value is -1.66. The van der Waals surface area contributed by atoms with Crippen LogP contribution in [-0.4, -0.2) is 36.3 Å². The van der Waals surface area contributed by atoms with E-state index in [4.69, 9.17) is 5.11 Å². The van der Waals surface area contributed by atoms with E-state index in [1.54, 1.807) is 19.1 Å². The van der Waals surface area contributed by atoms with Crippen LogP contribution in [0.4, 0.5) is 11.4 Å². The van der Waals surface area contributed by atoms with Crippen molar-refractivity contribution in [1.82, 2.24) is 5.32 Å². The zero-order valence-electron chi connectivity index (χ0n) is 9.77. The lowest BCUT2D eigenvalue weighted by Gasteiger charge is -2.07. The van der Waals surface area contributed by atoms with Gasteiger partial charge in [-0.25, -0.2) is 0 Å². The van der Waals surface area contributed by atoms with Gasteiger partial charge in [-0.05, 0) is 19.1 Å². The summed E-state index contributed by atoms with van der Waals surface area (Å²) in [7, 11) is 0. The third-order valence-electron chi connectivity index (χ3n) is 2.31. The van der Waals surface area contributed by atoms with Crippen molar-refractivity contribution in [3.63, 3.8) is 0 Å². The predicted octanol–water partition coefficient (Wildman–Crippen LogP) is 0.897. The molecule has 0 fully saturated rings. The molecule has 1 aromatic rings. The first-order valence-electron chi connectivity index (χ1n) is 5.45. The van der Waals surface area contributed by atoms with Gasteiger partial charge in [-0.15, -0.1) is 0 Å². The normalized spacial score (nSPS) is 10.2. The van der Waals surface area contributed by atoms with E-state index >= 15 is 0 Å². The molecule has 0 saturated heterocycles. The molecular formula is C11H17N3O3. The maximum atomic E-state index is 10.6. The minimum atomic E-state index is -0.387. The molecule has 0 saturated carbocycles. The van der Waals surface area contributed by atoms with Gasteiger partial charge in [0.2, 0.25) is 0 Å². The lowest BCUT2D eigenvalue weighted by molar-refractivity contribution is -0.385. The summed E-state index contributed by atoms with van der Waals surface area (Å²) < 4.78 is 0. The van der Waals surface area contributed by atoms with E-state index in [1.807, 2.05) is 0 Å². The highest BCUT2D eigenvalue weighted by Crippen LogP contribution is 2.21. The van der Waals surface area contributed by atoms with Gasteiger partial charge in [-0.2, -0.15) is 0 Å². The van der Waals surface area contributed by atoms with Crippen LogP contribution in [-0.2, 0) is 0 Å². The fraction of sp³-hybridized carbons (Fsp3) is 0.455. The second-order valence-corrected chi connectivity index (χ2v) is 3.66. The number of benzene rings is 1. The van der Waals surface area contributed by atoms with Crippen molar-refractivity contribution < 1.29 is 10.0 Å². The number of nitrogens with one attached hydrogen (secondary N) is 2. The number of nitro groups is 1. The first-order chi connectivity index (χ1) is 8.15. The number of hydrogen-bond acceptors (Lipinski definition) is 5. The molecule has 0 heterocycles. The largest absolute Gasteiger partial charge is 0.395 e. The molecule has 0 aromatic heterocycles. The van der Waals surface area contributed by atoms with E-state index in [-0.39, 0.29) is 17.2 Å². The van der Waals surface area contributed by atoms with E-state index in [9.17, 15) is 10.1 Å². The molecule has 1 rings (SSSR count). The van der Waals surface area contributed by atoms with Crippen molar-refractivity contribution in [2.45, 2.75) is 6.92 Å². The zero-order valence-corrected chi connectivity index (χ0v) is 9.77. The smallest absolute Gasteiger partial charge is 0.272 e. The molecule has 0 spiro atoms. The van der Waals surface area contributed by atoms with Crippen LogP contribution in [0.5, 0.6) is 0 Å². The quantitative estimate of drug-likeness (QED) is 0.374. The SMILES string of the molecule is Cc1cc(NCCNCCO)ccc1[N+](=O)[O-]. The summed E-state index contributed by atoms with van der Waals surface area (Å²) in [4.78, 5) is 10.2. The molecule has 6 nitrogen and oxygen atoms in total. The van der Waals surface area contributed by atoms with Crippen molar-refractivity contribution in [2.75, 3.05) is 31.6 Å². The van der Waals surface area contributed by atoms with Crippen molar-refractivity contribution in [2.24, 2.45) is 0 Å². The van der Waals surface area contributed by atoms with Gasteiger partial charge in [0.1, 0.15) is 0 Å². The molecule has 1 aromatic carbocycles. The van der Waals surface area contributed by atoms with E-state index in [0.29, 0.717) is 18.7 Å². The number of rotatable bonds is 7. The van der Waals surface area contributed by atoms with Crippen LogP contribution in [0.1, 0.15) is 5.56 Å². The first-order valence-corrected chi connectivity index (χ1v) is 5.45. The molecule has 0 aliphatic rings. The van der Waals surface area contributed by atoms with Crippen LogP contribution in [0.3, 0.4) is 0 Å². The van der Waals surface area contributed by atoms with Crippen LogP contribution in [0.15, 0.2) is 18.2 Å². The van der Waals surface area contributed by atoms with Crippen molar-refractivity contribution >= 4 is 11.4 Å². The summed E-state index contributed by atoms with van der Waals surface area (Å²) in [6, 6.07) is 4.94. The maximum absolute atomic E-state index is 10.6. The number of nitrogens with zero attached hydrogens (tertiary/aromatic N) is 1. The molecule has 0 atom stereocenters. The molecule has 0 amide bonds. The second-order valence-electron chi connectivity index (χ2n) is 3.66. The molecular weight excluding hydrogens is 222 g/mol. The van der Waals surface area contributed by atoms with E-state index in [1.165, 1.54) is 6.07 Å². The van der Waals surface area contributed by atoms with Gasteiger partial charge < -0.3 is 15.7 Å². The molecule has 0 bridgehead atoms. The maximum Gasteiger partial charge on any atom is 0.272 e. The minimum Gasteiger partial charge on any atom is -0.395 e. The summed E-state index contributed by atoms with van der Waals surface area (Å²) in [5, 5.41) is 25.3. The topological polar surface area (TPSA) is 87.4 Å². The van der Waals surface area contributed by atoms with Crippen LogP contribution in [0.25, 0.3) is 0 Å². The van der Waals surface area contributed by atoms with Gasteiger partial charge in [0.15, 0.2) is 0 Å². The fourth-order valence-electron chi connectivity index (χ4n) is 1.47. The molecule has 0 aliphatic heterocycles. The second kappa shape index (κ2) is 6.82. The lowest BCUT2D eigenvalue weighted by Crippen LogP contribution is -2.24. The number of anilines is 1. The Labute approximate surface area is 99.8 Å². The molecule has 6 heteroatoms. The third-order valence-corrected chi connectivity index (χ3v) is 2.31. The predicted molar refractivity (Wildman–Crippen MR) is 66.3 cm³/mol. The Kier molecular flexibility index (Phi) is 5.38. The van der Waals surface area contributed by atoms with Crippen LogP contribution >= 0.6 is 0 Å². The van der Waals surface area contributed by atoms with Gasteiger partial charge in [0.05, 0.1) is 11.5 Å². The Morgan fingerprint density at radius 2 is 2.12 bits per heavy atom. The average Bonchev–Trinajstić information content (AvgIpc) is 2.28. The third kappa shape index (κ3) is 4.38. The van der Waals surface area contributed by atoms with Gasteiger partial charge in [-0.1, -0.05) is 0 Å². The summed E-state index contributed by atoms with van der Waals surface area (Å²) in [6.07, 6.45) is 0. The van der Waals surface area contributed by atoms with E-state index < -0.39 is 0 Å². The van der Waals surface area contributed by atoms with Crippen molar-refractivity contribution in [3.8, 4) is 0 Å². The number of aryl methyl sites for hydroxylation is 1. The highest BCUT2D eigenvalue weighted by molar-refractivity contribution is 5.53. The number of aliphatic hydroxyl groups excluding tert-OH is 1. The monoisotopic (exact) mass is 239 g/mol. The van der Waals surface area contributed by atoms with E-state index in [2.05, 4.69) is 10.6 Å². The minimum absolute atomic E-state index is 0.122. The molecule has 94 valence electrons. The summed E-state index contributed by atoms with van der Waals surface area (Å²) >= 11 is 0. The molecule has 0 radical (unpaired) electrons. The summed E-state index contributed by atoms with van der Waals surface area (Å²) in [5.41, 5.74) is 1.64. The average molecular weight is 239 g/mol. The highest BCUT2D eigenvalue weighted by atomic mass is 16.6. The van der Waals surface area contributed by atoms with Gasteiger partial charge in [0.25, 0.3) is 5.69 Å². The highest BCUT2D eigenvalue weighted by Gasteiger charge is 2.09. The Bertz CT molecular complexity index is 382. The van der Waals surface area contributed by atoms with Crippen molar-refractivity contribution in [3.05, 3.63) is 33.9 Å². The summed E-state index contributed by atoms with van der Waals surface area (Å²) in [6.45, 7) is 3.85. The Morgan fingerprint density at radius 1 is 1.35 bits per heavy atom. The molecule has 0 aliphatic carbocycles. The van der Waals surface area contributed by atoms with Gasteiger partial charge in [-0.3, -0.25) is 10.1 Å². The summed E-state index contributed by atoms with van der Waals surface area (Å²) in [5.74, 6) is 0. The fourth-order valence-corrected chi connectivity index (χ4v) is 1.47. The number of hydrogen-bond donors (Lipinski definition) is 3. The van der Waals surface area contributed by atoms with Crippen LogP contribution in [0.2, 0.25) is 0 Å². The molecule has 17 heavy (non-hydrogen) atoms. The van der Waals surface area contributed by atoms with Crippen LogP contribution in [0, 0.1) is 17.0 Å². The van der Waals surface area contributed by atoms with Gasteiger partial charge in [0, 0.05) is 37.0 Å². The van der Waals surface area contributed by atoms with Crippen molar-refractivity contribution in [1.29, 1.82) is 0 Å². The Balaban J connectivity index is 2.45. The number of aliphatic hydroxyl groups is 1. The first kappa shape index (κ1) is 13.4. The van der Waals surface area contributed by atoms with Crippen LogP contribution < -0.4 is 10.6 Å². The molecule has 3 N–H and O–H groups in total. The van der Waals surface area contributed by atoms with Gasteiger partial charge >= 0.3 is 0 Å². The number of nitro benzene ring substituents is 1. The van der Waals surface area contributed by atoms with E-state index in [0.717, 1.165) is 12.2 Å². The Morgan fingerprint density at radius 3 is 2.71 bits per heavy atom.